The maximum Gasteiger partial charge on any atom is 0.119 e. The van der Waals surface area contributed by atoms with Crippen molar-refractivity contribution in [3.8, 4) is 5.75 Å². The molecule has 1 rings (SSSR count). The Morgan fingerprint density at radius 2 is 1.89 bits per heavy atom. The van der Waals surface area contributed by atoms with Gasteiger partial charge in [-0.3, -0.25) is 0 Å². The molecule has 0 saturated carbocycles. The van der Waals surface area contributed by atoms with Crippen LogP contribution in [0.1, 0.15) is 19.4 Å². The van der Waals surface area contributed by atoms with E-state index < -0.39 is 6.10 Å². The van der Waals surface area contributed by atoms with Gasteiger partial charge < -0.3 is 20.3 Å². The van der Waals surface area contributed by atoms with Crippen LogP contribution >= 0.6 is 0 Å². The van der Waals surface area contributed by atoms with Crippen LogP contribution in [0, 0.1) is 5.92 Å². The fraction of sp³-hybridized carbons (Fsp3) is 0.571. The lowest BCUT2D eigenvalue weighted by Gasteiger charge is -2.11. The van der Waals surface area contributed by atoms with E-state index >= 15 is 0 Å². The molecule has 0 bridgehead atoms. The third-order valence-corrected chi connectivity index (χ3v) is 2.46. The number of hydrogen-bond acceptors (Lipinski definition) is 4. The minimum atomic E-state index is -0.822. The van der Waals surface area contributed by atoms with E-state index in [0.717, 1.165) is 13.1 Å². The van der Waals surface area contributed by atoms with E-state index in [2.05, 4.69) is 19.2 Å². The lowest BCUT2D eigenvalue weighted by atomic mass is 10.2. The first-order valence-corrected chi connectivity index (χ1v) is 6.33. The summed E-state index contributed by atoms with van der Waals surface area (Å²) >= 11 is 0. The van der Waals surface area contributed by atoms with Gasteiger partial charge in [-0.15, -0.1) is 0 Å². The van der Waals surface area contributed by atoms with Crippen molar-refractivity contribution in [2.45, 2.75) is 26.5 Å². The van der Waals surface area contributed by atoms with Crippen molar-refractivity contribution in [3.05, 3.63) is 29.8 Å². The van der Waals surface area contributed by atoms with Crippen molar-refractivity contribution in [2.75, 3.05) is 19.8 Å². The van der Waals surface area contributed by atoms with Crippen LogP contribution in [0.5, 0.6) is 5.75 Å². The summed E-state index contributed by atoms with van der Waals surface area (Å²) in [4.78, 5) is 0. The topological polar surface area (TPSA) is 61.7 Å². The van der Waals surface area contributed by atoms with Gasteiger partial charge in [-0.1, -0.05) is 26.0 Å². The average Bonchev–Trinajstić information content (AvgIpc) is 2.37. The highest BCUT2D eigenvalue weighted by atomic mass is 16.5. The van der Waals surface area contributed by atoms with Crippen LogP contribution in [0.25, 0.3) is 0 Å². The molecule has 0 aliphatic rings. The fourth-order valence-electron chi connectivity index (χ4n) is 1.45. The number of nitrogens with one attached hydrogen (secondary N) is 1. The van der Waals surface area contributed by atoms with Crippen LogP contribution in [-0.4, -0.2) is 36.1 Å². The van der Waals surface area contributed by atoms with Gasteiger partial charge in [0, 0.05) is 6.54 Å². The molecule has 0 amide bonds. The molecule has 0 saturated heterocycles. The van der Waals surface area contributed by atoms with E-state index in [1.165, 1.54) is 5.56 Å². The van der Waals surface area contributed by atoms with E-state index in [9.17, 15) is 0 Å². The maximum atomic E-state index is 9.16. The zero-order chi connectivity index (χ0) is 13.4. The Morgan fingerprint density at radius 3 is 2.44 bits per heavy atom. The van der Waals surface area contributed by atoms with Crippen molar-refractivity contribution in [3.63, 3.8) is 0 Å². The van der Waals surface area contributed by atoms with Gasteiger partial charge in [-0.25, -0.2) is 0 Å². The zero-order valence-electron chi connectivity index (χ0n) is 11.1. The maximum absolute atomic E-state index is 9.16. The molecule has 4 heteroatoms. The van der Waals surface area contributed by atoms with Gasteiger partial charge in [0.2, 0.25) is 0 Å². The molecule has 0 heterocycles. The van der Waals surface area contributed by atoms with E-state index in [0.29, 0.717) is 11.7 Å². The number of rotatable bonds is 8. The van der Waals surface area contributed by atoms with Gasteiger partial charge in [0.1, 0.15) is 18.5 Å². The van der Waals surface area contributed by atoms with Gasteiger partial charge >= 0.3 is 0 Å². The van der Waals surface area contributed by atoms with Crippen molar-refractivity contribution in [1.82, 2.24) is 5.32 Å². The number of benzene rings is 1. The minimum absolute atomic E-state index is 0.113. The molecule has 1 aromatic carbocycles. The van der Waals surface area contributed by atoms with Crippen LogP contribution in [0.2, 0.25) is 0 Å². The highest BCUT2D eigenvalue weighted by Crippen LogP contribution is 2.12. The number of aliphatic hydroxyl groups is 2. The summed E-state index contributed by atoms with van der Waals surface area (Å²) < 4.78 is 5.33. The lowest BCUT2D eigenvalue weighted by Crippen LogP contribution is -2.21. The lowest BCUT2D eigenvalue weighted by molar-refractivity contribution is 0.0536. The summed E-state index contributed by atoms with van der Waals surface area (Å²) in [5.41, 5.74) is 1.20. The van der Waals surface area contributed by atoms with E-state index in [1.54, 1.807) is 0 Å². The molecule has 0 aliphatic heterocycles. The second-order valence-electron chi connectivity index (χ2n) is 4.82. The normalized spacial score (nSPS) is 12.7. The molecular formula is C14H23NO3. The first kappa shape index (κ1) is 15.0. The quantitative estimate of drug-likeness (QED) is 0.651. The Balaban J connectivity index is 2.33. The molecule has 102 valence electrons. The molecule has 1 aromatic rings. The SMILES string of the molecule is CC(C)CNCc1ccc(OCC(O)CO)cc1. The molecule has 0 fully saturated rings. The van der Waals surface area contributed by atoms with Crippen LogP contribution in [0.3, 0.4) is 0 Å². The molecular weight excluding hydrogens is 230 g/mol. The Hall–Kier alpha value is -1.10. The largest absolute Gasteiger partial charge is 0.491 e. The van der Waals surface area contributed by atoms with Crippen molar-refractivity contribution in [1.29, 1.82) is 0 Å². The Bertz CT molecular complexity index is 324. The third kappa shape index (κ3) is 6.00. The van der Waals surface area contributed by atoms with E-state index in [-0.39, 0.29) is 13.2 Å². The molecule has 3 N–H and O–H groups in total. The first-order valence-electron chi connectivity index (χ1n) is 6.33. The number of hydrogen-bond donors (Lipinski definition) is 3. The third-order valence-electron chi connectivity index (χ3n) is 2.46. The standard InChI is InChI=1S/C14H23NO3/c1-11(2)7-15-8-12-3-5-14(6-4-12)18-10-13(17)9-16/h3-6,11,13,15-17H,7-10H2,1-2H3. The number of ether oxygens (including phenoxy) is 1. The summed E-state index contributed by atoms with van der Waals surface area (Å²) in [6.07, 6.45) is -0.822. The second kappa shape index (κ2) is 8.08. The van der Waals surface area contributed by atoms with Crippen molar-refractivity contribution >= 4 is 0 Å². The van der Waals surface area contributed by atoms with Crippen LogP contribution in [0.15, 0.2) is 24.3 Å². The smallest absolute Gasteiger partial charge is 0.119 e. The Morgan fingerprint density at radius 1 is 1.22 bits per heavy atom. The summed E-state index contributed by atoms with van der Waals surface area (Å²) in [7, 11) is 0. The van der Waals surface area contributed by atoms with Crippen LogP contribution in [0.4, 0.5) is 0 Å². The van der Waals surface area contributed by atoms with Gasteiger partial charge in [0.25, 0.3) is 0 Å². The molecule has 0 aromatic heterocycles. The molecule has 0 aliphatic carbocycles. The fourth-order valence-corrected chi connectivity index (χ4v) is 1.45. The Labute approximate surface area is 109 Å². The molecule has 0 radical (unpaired) electrons. The van der Waals surface area contributed by atoms with Gasteiger partial charge in [-0.05, 0) is 30.2 Å². The predicted octanol–water partition coefficient (Wildman–Crippen LogP) is 1.16. The molecule has 1 atom stereocenters. The average molecular weight is 253 g/mol. The summed E-state index contributed by atoms with van der Waals surface area (Å²) in [5, 5.41) is 21.2. The van der Waals surface area contributed by atoms with Gasteiger partial charge in [0.05, 0.1) is 6.61 Å². The second-order valence-corrected chi connectivity index (χ2v) is 4.82. The minimum Gasteiger partial charge on any atom is -0.491 e. The monoisotopic (exact) mass is 253 g/mol. The number of aliphatic hydroxyl groups excluding tert-OH is 2. The van der Waals surface area contributed by atoms with Crippen LogP contribution in [-0.2, 0) is 6.54 Å². The van der Waals surface area contributed by atoms with Gasteiger partial charge in [0.15, 0.2) is 0 Å². The Kier molecular flexibility index (Phi) is 6.72. The summed E-state index contributed by atoms with van der Waals surface area (Å²) in [6.45, 7) is 6.03. The molecule has 4 nitrogen and oxygen atoms in total. The predicted molar refractivity (Wildman–Crippen MR) is 71.6 cm³/mol. The highest BCUT2D eigenvalue weighted by Gasteiger charge is 2.03. The molecule has 1 unspecified atom stereocenters. The highest BCUT2D eigenvalue weighted by molar-refractivity contribution is 5.27. The van der Waals surface area contributed by atoms with E-state index in [1.807, 2.05) is 24.3 Å². The van der Waals surface area contributed by atoms with Gasteiger partial charge in [-0.2, -0.15) is 0 Å². The summed E-state index contributed by atoms with van der Waals surface area (Å²) in [6, 6.07) is 7.73. The van der Waals surface area contributed by atoms with Crippen molar-refractivity contribution in [2.24, 2.45) is 5.92 Å². The van der Waals surface area contributed by atoms with Crippen LogP contribution < -0.4 is 10.1 Å². The molecule has 18 heavy (non-hydrogen) atoms. The van der Waals surface area contributed by atoms with Crippen molar-refractivity contribution < 1.29 is 14.9 Å². The summed E-state index contributed by atoms with van der Waals surface area (Å²) in [5.74, 6) is 1.35. The first-order chi connectivity index (χ1) is 8.61. The van der Waals surface area contributed by atoms with E-state index in [4.69, 9.17) is 14.9 Å². The molecule has 0 spiro atoms. The zero-order valence-corrected chi connectivity index (χ0v) is 11.1.